The van der Waals surface area contributed by atoms with Crippen LogP contribution in [0, 0.1) is 0 Å². The van der Waals surface area contributed by atoms with Crippen LogP contribution in [-0.2, 0) is 0 Å². The summed E-state index contributed by atoms with van der Waals surface area (Å²) in [4.78, 5) is 3.96. The Hall–Kier alpha value is -0.590. The molecule has 0 saturated heterocycles. The van der Waals surface area contributed by atoms with Crippen LogP contribution < -0.4 is 0 Å². The normalized spacial score (nSPS) is 13.1. The van der Waals surface area contributed by atoms with Crippen LogP contribution in [0.5, 0.6) is 0 Å². The van der Waals surface area contributed by atoms with E-state index in [0.717, 1.165) is 6.42 Å². The van der Waals surface area contributed by atoms with Crippen LogP contribution in [0.2, 0.25) is 0 Å². The van der Waals surface area contributed by atoms with Crippen molar-refractivity contribution in [2.45, 2.75) is 27.2 Å². The topological polar surface area (TPSA) is 12.4 Å². The van der Waals surface area contributed by atoms with Gasteiger partial charge >= 0.3 is 0 Å². The SMILES string of the molecule is CC=NC=C(C)CC. The number of hydrogen-bond acceptors (Lipinski definition) is 1. The van der Waals surface area contributed by atoms with E-state index in [2.05, 4.69) is 18.8 Å². The summed E-state index contributed by atoms with van der Waals surface area (Å²) in [6, 6.07) is 0. The predicted octanol–water partition coefficient (Wildman–Crippen LogP) is 2.39. The molecule has 0 atom stereocenters. The van der Waals surface area contributed by atoms with Gasteiger partial charge in [0.1, 0.15) is 0 Å². The number of hydrogen-bond donors (Lipinski definition) is 0. The van der Waals surface area contributed by atoms with E-state index in [1.54, 1.807) is 6.21 Å². The minimum Gasteiger partial charge on any atom is -0.269 e. The molecule has 46 valence electrons. The second-order valence-electron chi connectivity index (χ2n) is 1.74. The quantitative estimate of drug-likeness (QED) is 0.485. The zero-order valence-corrected chi connectivity index (χ0v) is 5.81. The third-order valence-electron chi connectivity index (χ3n) is 1.00. The molecule has 0 N–H and O–H groups in total. The van der Waals surface area contributed by atoms with Crippen molar-refractivity contribution in [2.24, 2.45) is 4.99 Å². The highest BCUT2D eigenvalue weighted by Gasteiger charge is 1.76. The molecule has 0 aromatic rings. The van der Waals surface area contributed by atoms with Gasteiger partial charge in [0.2, 0.25) is 0 Å². The Morgan fingerprint density at radius 3 is 2.62 bits per heavy atom. The minimum absolute atomic E-state index is 1.09. The Kier molecular flexibility index (Phi) is 4.23. The first-order valence-electron chi connectivity index (χ1n) is 2.94. The summed E-state index contributed by atoms with van der Waals surface area (Å²) in [5.41, 5.74) is 1.32. The molecule has 0 saturated carbocycles. The molecule has 0 aliphatic carbocycles. The van der Waals surface area contributed by atoms with Crippen molar-refractivity contribution in [3.8, 4) is 0 Å². The van der Waals surface area contributed by atoms with E-state index in [0.29, 0.717) is 0 Å². The smallest absolute Gasteiger partial charge is 0.0252 e. The van der Waals surface area contributed by atoms with Crippen molar-refractivity contribution in [2.75, 3.05) is 0 Å². The standard InChI is InChI=1S/C7H13N/c1-4-7(3)6-8-5-2/h5-6H,4H2,1-3H3. The first-order valence-corrected chi connectivity index (χ1v) is 2.94. The average Bonchev–Trinajstić information content (AvgIpc) is 1.83. The van der Waals surface area contributed by atoms with Crippen molar-refractivity contribution < 1.29 is 0 Å². The highest BCUT2D eigenvalue weighted by Crippen LogP contribution is 1.96. The van der Waals surface area contributed by atoms with Crippen LogP contribution in [0.15, 0.2) is 16.8 Å². The molecule has 0 aromatic carbocycles. The van der Waals surface area contributed by atoms with E-state index in [-0.39, 0.29) is 0 Å². The molecule has 0 amide bonds. The van der Waals surface area contributed by atoms with E-state index in [9.17, 15) is 0 Å². The molecule has 0 heterocycles. The van der Waals surface area contributed by atoms with Crippen molar-refractivity contribution >= 4 is 6.21 Å². The maximum absolute atomic E-state index is 3.96. The van der Waals surface area contributed by atoms with Gasteiger partial charge in [0.25, 0.3) is 0 Å². The summed E-state index contributed by atoms with van der Waals surface area (Å²) in [6.45, 7) is 6.11. The monoisotopic (exact) mass is 111 g/mol. The lowest BCUT2D eigenvalue weighted by atomic mass is 10.3. The summed E-state index contributed by atoms with van der Waals surface area (Å²) < 4.78 is 0. The van der Waals surface area contributed by atoms with Gasteiger partial charge in [0.05, 0.1) is 0 Å². The summed E-state index contributed by atoms with van der Waals surface area (Å²) in [5, 5.41) is 0. The molecular weight excluding hydrogens is 98.1 g/mol. The lowest BCUT2D eigenvalue weighted by Gasteiger charge is -1.86. The highest BCUT2D eigenvalue weighted by atomic mass is 14.7. The molecule has 1 nitrogen and oxygen atoms in total. The van der Waals surface area contributed by atoms with Gasteiger partial charge in [-0.1, -0.05) is 12.5 Å². The van der Waals surface area contributed by atoms with Gasteiger partial charge in [0.15, 0.2) is 0 Å². The van der Waals surface area contributed by atoms with E-state index < -0.39 is 0 Å². The van der Waals surface area contributed by atoms with Crippen LogP contribution in [0.4, 0.5) is 0 Å². The lowest BCUT2D eigenvalue weighted by Crippen LogP contribution is -1.67. The fourth-order valence-electron chi connectivity index (χ4n) is 0.293. The molecule has 0 aromatic heterocycles. The molecule has 0 rings (SSSR count). The Morgan fingerprint density at radius 1 is 1.62 bits per heavy atom. The fourth-order valence-corrected chi connectivity index (χ4v) is 0.293. The lowest BCUT2D eigenvalue weighted by molar-refractivity contribution is 1.09. The molecule has 0 radical (unpaired) electrons. The molecule has 0 aliphatic rings. The molecule has 0 fully saturated rings. The van der Waals surface area contributed by atoms with Crippen molar-refractivity contribution in [3.05, 3.63) is 11.8 Å². The predicted molar refractivity (Wildman–Crippen MR) is 38.2 cm³/mol. The van der Waals surface area contributed by atoms with E-state index >= 15 is 0 Å². The molecule has 0 aliphatic heterocycles. The third kappa shape index (κ3) is 3.59. The Labute approximate surface area is 51.1 Å². The Morgan fingerprint density at radius 2 is 2.25 bits per heavy atom. The van der Waals surface area contributed by atoms with Gasteiger partial charge in [-0.05, 0) is 20.3 Å². The van der Waals surface area contributed by atoms with Crippen LogP contribution in [0.3, 0.4) is 0 Å². The van der Waals surface area contributed by atoms with Gasteiger partial charge in [-0.2, -0.15) is 0 Å². The average molecular weight is 111 g/mol. The second-order valence-corrected chi connectivity index (χ2v) is 1.74. The number of allylic oxidation sites excluding steroid dienone is 1. The van der Waals surface area contributed by atoms with Crippen molar-refractivity contribution in [1.82, 2.24) is 0 Å². The maximum atomic E-state index is 3.96. The number of rotatable bonds is 2. The molecule has 8 heavy (non-hydrogen) atoms. The number of nitrogens with zero attached hydrogens (tertiary/aromatic N) is 1. The molecule has 1 heteroatoms. The second kappa shape index (κ2) is 4.57. The zero-order valence-electron chi connectivity index (χ0n) is 5.81. The van der Waals surface area contributed by atoms with Gasteiger partial charge < -0.3 is 0 Å². The Bertz CT molecular complexity index is 101. The van der Waals surface area contributed by atoms with Gasteiger partial charge in [-0.15, -0.1) is 0 Å². The number of aliphatic imine (C=N–C) groups is 1. The molecule has 0 bridgehead atoms. The maximum Gasteiger partial charge on any atom is 0.0252 e. The van der Waals surface area contributed by atoms with Crippen molar-refractivity contribution in [3.63, 3.8) is 0 Å². The van der Waals surface area contributed by atoms with Gasteiger partial charge in [0, 0.05) is 12.4 Å². The van der Waals surface area contributed by atoms with E-state index in [1.165, 1.54) is 5.57 Å². The van der Waals surface area contributed by atoms with Crippen LogP contribution in [0.25, 0.3) is 0 Å². The van der Waals surface area contributed by atoms with Crippen LogP contribution in [-0.4, -0.2) is 6.21 Å². The Balaban J connectivity index is 3.57. The van der Waals surface area contributed by atoms with E-state index in [1.807, 2.05) is 13.1 Å². The first-order chi connectivity index (χ1) is 3.81. The van der Waals surface area contributed by atoms with Crippen LogP contribution in [0.1, 0.15) is 27.2 Å². The largest absolute Gasteiger partial charge is 0.269 e. The van der Waals surface area contributed by atoms with E-state index in [4.69, 9.17) is 0 Å². The van der Waals surface area contributed by atoms with Crippen LogP contribution >= 0.6 is 0 Å². The summed E-state index contributed by atoms with van der Waals surface area (Å²) in [6.07, 6.45) is 4.77. The minimum atomic E-state index is 1.09. The highest BCUT2D eigenvalue weighted by molar-refractivity contribution is 5.54. The van der Waals surface area contributed by atoms with Gasteiger partial charge in [-0.25, -0.2) is 0 Å². The molecule has 0 unspecified atom stereocenters. The zero-order chi connectivity index (χ0) is 6.41. The molecular formula is C7H13N. The fraction of sp³-hybridized carbons (Fsp3) is 0.571. The summed E-state index contributed by atoms with van der Waals surface area (Å²) >= 11 is 0. The summed E-state index contributed by atoms with van der Waals surface area (Å²) in [5.74, 6) is 0. The molecule has 0 spiro atoms. The van der Waals surface area contributed by atoms with Gasteiger partial charge in [-0.3, -0.25) is 4.99 Å². The van der Waals surface area contributed by atoms with Crippen molar-refractivity contribution in [1.29, 1.82) is 0 Å². The first kappa shape index (κ1) is 7.41. The third-order valence-corrected chi connectivity index (χ3v) is 1.00. The summed E-state index contributed by atoms with van der Waals surface area (Å²) in [7, 11) is 0.